The van der Waals surface area contributed by atoms with E-state index < -0.39 is 0 Å². The van der Waals surface area contributed by atoms with Crippen LogP contribution in [0.4, 0.5) is 0 Å². The minimum atomic E-state index is 0.459. The molecule has 1 unspecified atom stereocenters. The summed E-state index contributed by atoms with van der Waals surface area (Å²) in [6, 6.07) is 11.5. The smallest absolute Gasteiger partial charge is 0.0386 e. The van der Waals surface area contributed by atoms with Crippen LogP contribution in [0.25, 0.3) is 0 Å². The molecule has 1 N–H and O–H groups in total. The highest BCUT2D eigenvalue weighted by molar-refractivity contribution is 7.99. The van der Waals surface area contributed by atoms with Crippen LogP contribution in [0.3, 0.4) is 0 Å². The van der Waals surface area contributed by atoms with Gasteiger partial charge in [-0.05, 0) is 55.5 Å². The number of nitrogens with one attached hydrogen (secondary N) is 1. The van der Waals surface area contributed by atoms with E-state index >= 15 is 0 Å². The standard InChI is InChI=1S/C16H21NS2/c1-12-6-7-15(11-13(12)2)18-10-8-17-14(3)16-5-4-9-19-16/h4-7,9,11,14,17H,8,10H2,1-3H3. The van der Waals surface area contributed by atoms with E-state index in [9.17, 15) is 0 Å². The fourth-order valence-electron chi connectivity index (χ4n) is 1.89. The highest BCUT2D eigenvalue weighted by atomic mass is 32.2. The lowest BCUT2D eigenvalue weighted by Gasteiger charge is -2.12. The minimum Gasteiger partial charge on any atom is -0.309 e. The van der Waals surface area contributed by atoms with Gasteiger partial charge in [0.1, 0.15) is 0 Å². The molecule has 0 radical (unpaired) electrons. The molecule has 1 heterocycles. The number of rotatable bonds is 6. The normalized spacial score (nSPS) is 12.6. The Hall–Kier alpha value is -0.770. The monoisotopic (exact) mass is 291 g/mol. The molecule has 2 rings (SSSR count). The molecule has 1 nitrogen and oxygen atoms in total. The van der Waals surface area contributed by atoms with Gasteiger partial charge in [-0.25, -0.2) is 0 Å². The summed E-state index contributed by atoms with van der Waals surface area (Å²) in [5.74, 6) is 1.11. The maximum absolute atomic E-state index is 3.57. The van der Waals surface area contributed by atoms with Gasteiger partial charge < -0.3 is 5.32 Å². The molecule has 1 aromatic heterocycles. The van der Waals surface area contributed by atoms with Crippen molar-refractivity contribution in [3.8, 4) is 0 Å². The summed E-state index contributed by atoms with van der Waals surface area (Å²) in [6.07, 6.45) is 0. The van der Waals surface area contributed by atoms with Gasteiger partial charge in [0.2, 0.25) is 0 Å². The summed E-state index contributed by atoms with van der Waals surface area (Å²) >= 11 is 3.74. The second-order valence-corrected chi connectivity index (χ2v) is 6.93. The van der Waals surface area contributed by atoms with Gasteiger partial charge in [-0.3, -0.25) is 0 Å². The fourth-order valence-corrected chi connectivity index (χ4v) is 3.53. The first-order valence-corrected chi connectivity index (χ1v) is 8.50. The van der Waals surface area contributed by atoms with Crippen molar-refractivity contribution in [1.29, 1.82) is 0 Å². The molecule has 0 bridgehead atoms. The first-order chi connectivity index (χ1) is 9.16. The van der Waals surface area contributed by atoms with Gasteiger partial charge in [-0.2, -0.15) is 0 Å². The van der Waals surface area contributed by atoms with Crippen LogP contribution in [0.1, 0.15) is 29.0 Å². The predicted octanol–water partition coefficient (Wildman–Crippen LogP) is 4.81. The molecular weight excluding hydrogens is 270 g/mol. The van der Waals surface area contributed by atoms with Gasteiger partial charge in [-0.1, -0.05) is 12.1 Å². The van der Waals surface area contributed by atoms with Crippen LogP contribution < -0.4 is 5.32 Å². The number of hydrogen-bond acceptors (Lipinski definition) is 3. The number of aryl methyl sites for hydroxylation is 2. The van der Waals surface area contributed by atoms with Crippen molar-refractivity contribution in [3.05, 3.63) is 51.7 Å². The van der Waals surface area contributed by atoms with E-state index in [1.165, 1.54) is 20.9 Å². The SMILES string of the molecule is Cc1ccc(SCCNC(C)c2cccs2)cc1C. The van der Waals surface area contributed by atoms with Crippen LogP contribution in [0.5, 0.6) is 0 Å². The van der Waals surface area contributed by atoms with E-state index in [2.05, 4.69) is 61.8 Å². The quantitative estimate of drug-likeness (QED) is 0.605. The number of hydrogen-bond donors (Lipinski definition) is 1. The topological polar surface area (TPSA) is 12.0 Å². The maximum Gasteiger partial charge on any atom is 0.0386 e. The van der Waals surface area contributed by atoms with Crippen LogP contribution in [-0.4, -0.2) is 12.3 Å². The molecule has 1 aromatic carbocycles. The third-order valence-corrected chi connectivity index (χ3v) is 5.32. The van der Waals surface area contributed by atoms with Crippen molar-refractivity contribution < 1.29 is 0 Å². The molecule has 2 aromatic rings. The Labute approximate surface area is 124 Å². The Morgan fingerprint density at radius 2 is 2.05 bits per heavy atom. The highest BCUT2D eigenvalue weighted by Gasteiger charge is 2.04. The van der Waals surface area contributed by atoms with Crippen LogP contribution >= 0.6 is 23.1 Å². The summed E-state index contributed by atoms with van der Waals surface area (Å²) in [5.41, 5.74) is 2.75. The summed E-state index contributed by atoms with van der Waals surface area (Å²) in [7, 11) is 0. The minimum absolute atomic E-state index is 0.459. The number of thiophene rings is 1. The summed E-state index contributed by atoms with van der Waals surface area (Å²) < 4.78 is 0. The fraction of sp³-hybridized carbons (Fsp3) is 0.375. The van der Waals surface area contributed by atoms with Crippen molar-refractivity contribution in [1.82, 2.24) is 5.32 Å². The van der Waals surface area contributed by atoms with Crippen molar-refractivity contribution in [2.45, 2.75) is 31.7 Å². The van der Waals surface area contributed by atoms with E-state index in [4.69, 9.17) is 0 Å². The molecule has 0 saturated heterocycles. The van der Waals surface area contributed by atoms with Crippen LogP contribution in [0.15, 0.2) is 40.6 Å². The van der Waals surface area contributed by atoms with Crippen molar-refractivity contribution >= 4 is 23.1 Å². The average molecular weight is 291 g/mol. The predicted molar refractivity (Wildman–Crippen MR) is 87.4 cm³/mol. The molecule has 0 fully saturated rings. The lowest BCUT2D eigenvalue weighted by atomic mass is 10.1. The van der Waals surface area contributed by atoms with E-state index in [1.807, 2.05) is 23.1 Å². The molecule has 0 aliphatic carbocycles. The third kappa shape index (κ3) is 4.37. The number of thioether (sulfide) groups is 1. The number of benzene rings is 1. The van der Waals surface area contributed by atoms with E-state index in [0.29, 0.717) is 6.04 Å². The van der Waals surface area contributed by atoms with Crippen molar-refractivity contribution in [2.24, 2.45) is 0 Å². The Kier molecular flexibility index (Phi) is 5.49. The lowest BCUT2D eigenvalue weighted by Crippen LogP contribution is -2.20. The summed E-state index contributed by atoms with van der Waals surface area (Å²) in [5, 5.41) is 5.71. The molecule has 0 amide bonds. The molecule has 0 aliphatic heterocycles. The molecule has 3 heteroatoms. The first-order valence-electron chi connectivity index (χ1n) is 6.63. The summed E-state index contributed by atoms with van der Waals surface area (Å²) in [4.78, 5) is 2.78. The van der Waals surface area contributed by atoms with E-state index in [-0.39, 0.29) is 0 Å². The Morgan fingerprint density at radius 1 is 1.21 bits per heavy atom. The molecule has 0 saturated carbocycles. The van der Waals surface area contributed by atoms with E-state index in [1.54, 1.807) is 0 Å². The molecular formula is C16H21NS2. The van der Waals surface area contributed by atoms with E-state index in [0.717, 1.165) is 12.3 Å². The van der Waals surface area contributed by atoms with Gasteiger partial charge in [0.05, 0.1) is 0 Å². The second-order valence-electron chi connectivity index (χ2n) is 4.79. The Morgan fingerprint density at radius 3 is 2.74 bits per heavy atom. The van der Waals surface area contributed by atoms with Crippen molar-refractivity contribution in [3.63, 3.8) is 0 Å². The maximum atomic E-state index is 3.57. The second kappa shape index (κ2) is 7.13. The zero-order chi connectivity index (χ0) is 13.7. The molecule has 19 heavy (non-hydrogen) atoms. The zero-order valence-electron chi connectivity index (χ0n) is 11.8. The lowest BCUT2D eigenvalue weighted by molar-refractivity contribution is 0.610. The van der Waals surface area contributed by atoms with Crippen LogP contribution in [0, 0.1) is 13.8 Å². The van der Waals surface area contributed by atoms with Gasteiger partial charge in [0.15, 0.2) is 0 Å². The molecule has 1 atom stereocenters. The molecule has 102 valence electrons. The van der Waals surface area contributed by atoms with Gasteiger partial charge in [-0.15, -0.1) is 23.1 Å². The Balaban J connectivity index is 1.73. The first kappa shape index (κ1) is 14.6. The van der Waals surface area contributed by atoms with Gasteiger partial charge in [0, 0.05) is 28.1 Å². The Bertz CT molecular complexity index is 505. The van der Waals surface area contributed by atoms with Gasteiger partial charge in [0.25, 0.3) is 0 Å². The average Bonchev–Trinajstić information content (AvgIpc) is 2.92. The third-order valence-electron chi connectivity index (χ3n) is 3.27. The largest absolute Gasteiger partial charge is 0.309 e. The zero-order valence-corrected chi connectivity index (χ0v) is 13.4. The van der Waals surface area contributed by atoms with Crippen LogP contribution in [-0.2, 0) is 0 Å². The molecule has 0 aliphatic rings. The van der Waals surface area contributed by atoms with Gasteiger partial charge >= 0.3 is 0 Å². The summed E-state index contributed by atoms with van der Waals surface area (Å²) in [6.45, 7) is 7.60. The van der Waals surface area contributed by atoms with Crippen LogP contribution in [0.2, 0.25) is 0 Å². The molecule has 0 spiro atoms. The van der Waals surface area contributed by atoms with Crippen molar-refractivity contribution in [2.75, 3.05) is 12.3 Å². The highest BCUT2D eigenvalue weighted by Crippen LogP contribution is 2.21.